The summed E-state index contributed by atoms with van der Waals surface area (Å²) in [5.74, 6) is 4.05. The van der Waals surface area contributed by atoms with E-state index in [-0.39, 0.29) is 87.2 Å². The number of carbonyl (C=O) groups is 8. The first-order chi connectivity index (χ1) is 31.0. The van der Waals surface area contributed by atoms with Gasteiger partial charge in [-0.1, -0.05) is 156 Å². The molecule has 350 valence electrons. The number of halogens is 3. The van der Waals surface area contributed by atoms with Crippen molar-refractivity contribution in [3.05, 3.63) is 108 Å². The van der Waals surface area contributed by atoms with Crippen LogP contribution in [0.5, 0.6) is 0 Å². The van der Waals surface area contributed by atoms with Crippen molar-refractivity contribution in [1.29, 1.82) is 0 Å². The fourth-order valence-corrected chi connectivity index (χ4v) is 8.20. The maximum Gasteiger partial charge on any atom is 0.582 e. The molecular formula is C43H52B3I3O16. The standard InChI is InChI=1S/C14H20O2.C9H11BO4.2C7H6BIO4.C6H9IO2/c1-2-3-4-5-6-7-8-9-10-11-12-13-14(15)16;1-2-3-4-10-7(5-8(11)13-10)6-9(12)14-10;2*9-2-1-8-5(3-6(10)12-8)4-7(11)13-8;7-5-3-1-2-4-6(8)9/h3-10H,2,11-13H2,1H3,(H,15,16);3-4H,2,5-6H2,1H3;2*1-2H,3-4H2;3,5H,1-2,4H2,(H,8,9)/b4-3+,6-5+,8-7+,10-9+;4-3+;2*2-1+;5-3+. The largest absolute Gasteiger partial charge is 0.610 e. The Balaban J connectivity index is 0.000000282. The summed E-state index contributed by atoms with van der Waals surface area (Å²) in [7, 11) is 0. The van der Waals surface area contributed by atoms with Crippen LogP contribution in [0, 0.1) is 17.5 Å². The van der Waals surface area contributed by atoms with Gasteiger partial charge in [0.15, 0.2) is 0 Å². The van der Waals surface area contributed by atoms with Crippen molar-refractivity contribution >= 4 is 135 Å². The van der Waals surface area contributed by atoms with Gasteiger partial charge in [0.25, 0.3) is 0 Å². The molecule has 0 radical (unpaired) electrons. The first-order valence-corrected chi connectivity index (χ1v) is 24.6. The number of rotatable bonds is 16. The smallest absolute Gasteiger partial charge is 0.582 e. The zero-order chi connectivity index (χ0) is 48.3. The number of carboxylic acid groups (broad SMARTS) is 2. The summed E-state index contributed by atoms with van der Waals surface area (Å²) in [6.45, 7) is -1.51. The number of hydrogen-bond acceptors (Lipinski definition) is 14. The summed E-state index contributed by atoms with van der Waals surface area (Å²) < 4.78 is 35.7. The van der Waals surface area contributed by atoms with Crippen LogP contribution in [0.4, 0.5) is 0 Å². The third kappa shape index (κ3) is 20.0. The van der Waals surface area contributed by atoms with E-state index in [0.717, 1.165) is 49.6 Å². The predicted octanol–water partition coefficient (Wildman–Crippen LogP) is 8.86. The summed E-state index contributed by atoms with van der Waals surface area (Å²) >= 11 is 6.12. The summed E-state index contributed by atoms with van der Waals surface area (Å²) in [5.41, 5.74) is 0. The lowest BCUT2D eigenvalue weighted by Crippen LogP contribution is -2.37. The number of carboxylic acids is 2. The Labute approximate surface area is 420 Å². The van der Waals surface area contributed by atoms with Gasteiger partial charge in [-0.15, -0.1) is 12.1 Å². The van der Waals surface area contributed by atoms with E-state index >= 15 is 0 Å². The molecule has 0 bridgehead atoms. The number of hydrogen-bond donors (Lipinski definition) is 2. The van der Waals surface area contributed by atoms with Gasteiger partial charge in [0.1, 0.15) is 38.5 Å². The molecule has 22 heteroatoms. The van der Waals surface area contributed by atoms with Crippen molar-refractivity contribution in [2.75, 3.05) is 0 Å². The molecule has 0 aromatic rings. The van der Waals surface area contributed by atoms with Crippen LogP contribution in [0.3, 0.4) is 0 Å². The molecule has 6 saturated heterocycles. The van der Waals surface area contributed by atoms with Gasteiger partial charge in [0.2, 0.25) is 0 Å². The Morgan fingerprint density at radius 2 is 0.785 bits per heavy atom. The lowest BCUT2D eigenvalue weighted by molar-refractivity contribution is -0.140. The normalized spacial score (nSPS) is 19.6. The van der Waals surface area contributed by atoms with Gasteiger partial charge in [-0.05, 0) is 42.6 Å². The van der Waals surface area contributed by atoms with Gasteiger partial charge >= 0.3 is 67.4 Å². The molecular weight excluding hydrogens is 1190 g/mol. The molecule has 0 aliphatic carbocycles. The second-order valence-electron chi connectivity index (χ2n) is 14.7. The van der Waals surface area contributed by atoms with Crippen LogP contribution in [0.15, 0.2) is 90.9 Å². The number of allylic oxidation sites excluding steroid dienone is 10. The molecule has 65 heavy (non-hydrogen) atoms. The highest BCUT2D eigenvalue weighted by Gasteiger charge is 2.64. The highest BCUT2D eigenvalue weighted by molar-refractivity contribution is 14.1. The Hall–Kier alpha value is -4.33. The van der Waals surface area contributed by atoms with Crippen molar-refractivity contribution in [2.24, 2.45) is 0 Å². The Bertz CT molecular complexity index is 1810. The van der Waals surface area contributed by atoms with Crippen LogP contribution < -0.4 is 0 Å². The molecule has 6 rings (SSSR count). The maximum atomic E-state index is 11.1. The monoisotopic (exact) mass is 1240 g/mol. The van der Waals surface area contributed by atoms with Crippen molar-refractivity contribution in [3.63, 3.8) is 0 Å². The van der Waals surface area contributed by atoms with E-state index in [1.807, 2.05) is 111 Å². The predicted molar refractivity (Wildman–Crippen MR) is 270 cm³/mol. The molecule has 2 N–H and O–H groups in total. The van der Waals surface area contributed by atoms with E-state index in [9.17, 15) is 38.4 Å². The Morgan fingerprint density at radius 1 is 0.477 bits per heavy atom. The minimum absolute atomic E-state index is 0.215. The number of carbonyl (C=O) groups excluding carboxylic acids is 6. The van der Waals surface area contributed by atoms with E-state index in [1.54, 1.807) is 26.1 Å². The summed E-state index contributed by atoms with van der Waals surface area (Å²) in [6.07, 6.45) is 26.5. The van der Waals surface area contributed by atoms with Crippen LogP contribution >= 0.6 is 67.8 Å². The minimum atomic E-state index is -1.86. The van der Waals surface area contributed by atoms with Gasteiger partial charge in [-0.25, -0.2) is 0 Å². The minimum Gasteiger partial charge on any atom is -0.610 e. The van der Waals surface area contributed by atoms with Crippen LogP contribution in [0.25, 0.3) is 0 Å². The molecule has 6 aliphatic rings. The Kier molecular flexibility index (Phi) is 26.3. The SMILES string of the molecule is CC/C=C/C=C/C=C/C=C/CCCC(=O)O.CC/C=C/[B-]12OC(=O)C[C+]1CC(=O)O2.O=C(O)CCC/C=C/I.O=C1C[C+]2CC(=O)O[B-]2(/C=C/I)O1.O=C1C[C+]2CC(=O)O[B-]2(/C=C/I)O1. The molecule has 16 nitrogen and oxygen atoms in total. The van der Waals surface area contributed by atoms with E-state index in [2.05, 4.69) is 35.6 Å². The van der Waals surface area contributed by atoms with Crippen molar-refractivity contribution in [1.82, 2.24) is 0 Å². The highest BCUT2D eigenvalue weighted by Crippen LogP contribution is 2.43. The number of fused-ring (bicyclic) bond motifs is 3. The molecule has 0 aromatic heterocycles. The molecule has 0 amide bonds. The van der Waals surface area contributed by atoms with E-state index in [1.165, 1.54) is 0 Å². The van der Waals surface area contributed by atoms with Gasteiger partial charge < -0.3 is 38.1 Å². The topological polar surface area (TPSA) is 232 Å². The van der Waals surface area contributed by atoms with Crippen LogP contribution in [-0.2, 0) is 66.3 Å². The van der Waals surface area contributed by atoms with Gasteiger partial charge in [0.05, 0.1) is 0 Å². The van der Waals surface area contributed by atoms with E-state index < -0.39 is 31.6 Å². The van der Waals surface area contributed by atoms with Crippen molar-refractivity contribution in [2.45, 2.75) is 104 Å². The Morgan fingerprint density at radius 3 is 1.09 bits per heavy atom. The van der Waals surface area contributed by atoms with E-state index in [4.69, 9.17) is 38.1 Å². The molecule has 0 saturated carbocycles. The van der Waals surface area contributed by atoms with Crippen molar-refractivity contribution in [3.8, 4) is 0 Å². The summed E-state index contributed by atoms with van der Waals surface area (Å²) in [5, 5.41) is 16.6. The zero-order valence-electron chi connectivity index (χ0n) is 36.1. The third-order valence-electron chi connectivity index (χ3n) is 9.73. The van der Waals surface area contributed by atoms with Gasteiger partial charge in [-0.2, -0.15) is 0 Å². The first-order valence-electron chi connectivity index (χ1n) is 20.9. The maximum absolute atomic E-state index is 11.1. The number of aliphatic carboxylic acids is 2. The highest BCUT2D eigenvalue weighted by atomic mass is 127. The summed E-state index contributed by atoms with van der Waals surface area (Å²) in [4.78, 5) is 86.3. The van der Waals surface area contributed by atoms with Crippen molar-refractivity contribution < 1.29 is 76.5 Å². The first kappa shape index (κ1) is 56.8. The number of unbranched alkanes of at least 4 members (excludes halogenated alkanes) is 2. The molecule has 6 aliphatic heterocycles. The molecule has 0 spiro atoms. The van der Waals surface area contributed by atoms with Gasteiger partial charge in [0, 0.05) is 30.3 Å². The lowest BCUT2D eigenvalue weighted by Gasteiger charge is -2.20. The summed E-state index contributed by atoms with van der Waals surface area (Å²) in [6, 6.07) is 0. The van der Waals surface area contributed by atoms with Crippen LogP contribution in [-0.4, -0.2) is 77.6 Å². The van der Waals surface area contributed by atoms with Crippen LogP contribution in [0.2, 0.25) is 0 Å². The molecule has 6 heterocycles. The average molecular weight is 1240 g/mol. The molecule has 6 fully saturated rings. The van der Waals surface area contributed by atoms with E-state index in [0.29, 0.717) is 6.42 Å². The second-order valence-corrected chi connectivity index (χ2v) is 16.9. The third-order valence-corrected chi connectivity index (χ3v) is 11.1. The molecule has 0 unspecified atom stereocenters. The molecule has 0 aromatic carbocycles. The van der Waals surface area contributed by atoms with Gasteiger partial charge in [-0.3, -0.25) is 38.4 Å². The quantitative estimate of drug-likeness (QED) is 0.0483. The lowest BCUT2D eigenvalue weighted by atomic mass is 9.49. The fourth-order valence-electron chi connectivity index (χ4n) is 6.75. The molecule has 0 atom stereocenters. The average Bonchev–Trinajstić information content (AvgIpc) is 4.02. The van der Waals surface area contributed by atoms with Crippen LogP contribution in [0.1, 0.15) is 104 Å². The zero-order valence-corrected chi connectivity index (χ0v) is 42.6. The second kappa shape index (κ2) is 30.1. The fraction of sp³-hybridized carbons (Fsp3) is 0.372.